The molecule has 0 saturated carbocycles. The van der Waals surface area contributed by atoms with Crippen LogP contribution in [0.2, 0.25) is 0 Å². The molecule has 1 aliphatic rings. The number of methoxy groups -OCH3 is 3. The molecular weight excluding hydrogens is 384 g/mol. The Labute approximate surface area is 175 Å². The summed E-state index contributed by atoms with van der Waals surface area (Å²) in [5, 5.41) is 4.55. The SMILES string of the molecule is CCN(CC)C1(OC)N(OC)C(OC)(N(C)C)N(OC)C(OC)(N(C)C)N1OC. The standard InChI is InChI=1S/C17H40N6O6/c1-13-20(14-2)17(26-9)22(28-11)15(24-7,18(3)4)21(27-10)16(25-8,19(5)6)23(17)29-12/h13-14H2,1-12H3. The van der Waals surface area contributed by atoms with Gasteiger partial charge in [0.2, 0.25) is 0 Å². The van der Waals surface area contributed by atoms with E-state index in [0.717, 1.165) is 0 Å². The van der Waals surface area contributed by atoms with E-state index in [4.69, 9.17) is 28.7 Å². The van der Waals surface area contributed by atoms with Gasteiger partial charge >= 0.3 is 0 Å². The van der Waals surface area contributed by atoms with Gasteiger partial charge < -0.3 is 14.2 Å². The Morgan fingerprint density at radius 2 is 0.828 bits per heavy atom. The Balaban J connectivity index is 4.16. The zero-order valence-electron chi connectivity index (χ0n) is 20.0. The van der Waals surface area contributed by atoms with Crippen molar-refractivity contribution < 1.29 is 28.7 Å². The van der Waals surface area contributed by atoms with Crippen LogP contribution in [0.4, 0.5) is 0 Å². The van der Waals surface area contributed by atoms with Crippen LogP contribution in [0.5, 0.6) is 0 Å². The molecule has 0 aliphatic carbocycles. The molecule has 1 saturated heterocycles. The van der Waals surface area contributed by atoms with Crippen LogP contribution in [0.1, 0.15) is 13.8 Å². The molecule has 0 bridgehead atoms. The molecule has 2 atom stereocenters. The van der Waals surface area contributed by atoms with E-state index in [-0.39, 0.29) is 0 Å². The van der Waals surface area contributed by atoms with Crippen LogP contribution in [-0.2, 0) is 28.7 Å². The maximum absolute atomic E-state index is 6.17. The Morgan fingerprint density at radius 1 is 0.552 bits per heavy atom. The molecule has 1 heterocycles. The van der Waals surface area contributed by atoms with E-state index < -0.39 is 17.9 Å². The minimum Gasteiger partial charge on any atom is -0.334 e. The van der Waals surface area contributed by atoms with Crippen molar-refractivity contribution in [1.29, 1.82) is 0 Å². The second kappa shape index (κ2) is 10.2. The monoisotopic (exact) mass is 424 g/mol. The highest BCUT2D eigenvalue weighted by Gasteiger charge is 2.76. The lowest BCUT2D eigenvalue weighted by Crippen LogP contribution is -2.94. The van der Waals surface area contributed by atoms with E-state index in [1.807, 2.05) is 46.9 Å². The molecule has 0 N–H and O–H groups in total. The van der Waals surface area contributed by atoms with Crippen molar-refractivity contribution in [3.8, 4) is 0 Å². The number of ether oxygens (including phenoxy) is 3. The van der Waals surface area contributed by atoms with Crippen LogP contribution in [0.25, 0.3) is 0 Å². The molecule has 29 heavy (non-hydrogen) atoms. The molecule has 174 valence electrons. The van der Waals surface area contributed by atoms with Gasteiger partial charge in [0.15, 0.2) is 0 Å². The summed E-state index contributed by atoms with van der Waals surface area (Å²) in [6.45, 7) is 5.25. The van der Waals surface area contributed by atoms with Gasteiger partial charge in [-0.2, -0.15) is 0 Å². The second-order valence-corrected chi connectivity index (χ2v) is 6.73. The van der Waals surface area contributed by atoms with E-state index in [2.05, 4.69) is 0 Å². The molecule has 0 aromatic carbocycles. The first kappa shape index (κ1) is 26.6. The van der Waals surface area contributed by atoms with Gasteiger partial charge in [-0.25, -0.2) is 4.90 Å². The van der Waals surface area contributed by atoms with Gasteiger partial charge in [0, 0.05) is 34.4 Å². The Hall–Kier alpha value is -0.480. The summed E-state index contributed by atoms with van der Waals surface area (Å²) in [6, 6.07) is 0. The first-order chi connectivity index (χ1) is 13.7. The van der Waals surface area contributed by atoms with E-state index in [1.165, 1.54) is 36.5 Å². The number of hydrogen-bond donors (Lipinski definition) is 0. The van der Waals surface area contributed by atoms with Crippen molar-refractivity contribution in [2.24, 2.45) is 0 Å². The zero-order valence-corrected chi connectivity index (χ0v) is 20.0. The summed E-state index contributed by atoms with van der Waals surface area (Å²) in [5.41, 5.74) is 0. The minimum absolute atomic E-state index is 0.609. The van der Waals surface area contributed by atoms with E-state index >= 15 is 0 Å². The maximum atomic E-state index is 6.17. The van der Waals surface area contributed by atoms with Crippen LogP contribution >= 0.6 is 0 Å². The van der Waals surface area contributed by atoms with Gasteiger partial charge in [0.25, 0.3) is 17.9 Å². The Kier molecular flexibility index (Phi) is 9.36. The van der Waals surface area contributed by atoms with Crippen LogP contribution < -0.4 is 0 Å². The number of nitrogens with zero attached hydrogens (tertiary/aromatic N) is 6. The summed E-state index contributed by atoms with van der Waals surface area (Å²) in [6.07, 6.45) is 0. The lowest BCUT2D eigenvalue weighted by Gasteiger charge is -2.69. The smallest absolute Gasteiger partial charge is 0.297 e. The van der Waals surface area contributed by atoms with Crippen molar-refractivity contribution in [3.05, 3.63) is 0 Å². The highest BCUT2D eigenvalue weighted by molar-refractivity contribution is 4.95. The zero-order chi connectivity index (χ0) is 22.6. The highest BCUT2D eigenvalue weighted by Crippen LogP contribution is 2.49. The van der Waals surface area contributed by atoms with Gasteiger partial charge in [-0.3, -0.25) is 24.3 Å². The average Bonchev–Trinajstić information content (AvgIpc) is 2.71. The fourth-order valence-corrected chi connectivity index (χ4v) is 4.14. The predicted molar refractivity (Wildman–Crippen MR) is 106 cm³/mol. The third-order valence-corrected chi connectivity index (χ3v) is 5.30. The van der Waals surface area contributed by atoms with Gasteiger partial charge in [-0.05, 0) is 28.2 Å². The number of hydroxylamine groups is 6. The maximum Gasteiger partial charge on any atom is 0.297 e. The van der Waals surface area contributed by atoms with Gasteiger partial charge in [0.05, 0.1) is 21.3 Å². The summed E-state index contributed by atoms with van der Waals surface area (Å²) in [5.74, 6) is -4.28. The first-order valence-corrected chi connectivity index (χ1v) is 9.46. The van der Waals surface area contributed by atoms with Crippen molar-refractivity contribution in [1.82, 2.24) is 29.9 Å². The third-order valence-electron chi connectivity index (χ3n) is 5.30. The quantitative estimate of drug-likeness (QED) is 0.413. The van der Waals surface area contributed by atoms with Gasteiger partial charge in [-0.1, -0.05) is 29.0 Å². The second-order valence-electron chi connectivity index (χ2n) is 6.73. The highest BCUT2D eigenvalue weighted by atomic mass is 16.9. The molecule has 1 fully saturated rings. The number of hydrogen-bond acceptors (Lipinski definition) is 12. The molecule has 12 nitrogen and oxygen atoms in total. The largest absolute Gasteiger partial charge is 0.334 e. The van der Waals surface area contributed by atoms with E-state index in [9.17, 15) is 0 Å². The molecule has 12 heteroatoms. The van der Waals surface area contributed by atoms with E-state index in [1.54, 1.807) is 31.1 Å². The molecule has 0 radical (unpaired) electrons. The van der Waals surface area contributed by atoms with Crippen LogP contribution in [0.15, 0.2) is 0 Å². The molecule has 0 aromatic rings. The topological polar surface area (TPSA) is 74.8 Å². The summed E-state index contributed by atoms with van der Waals surface area (Å²) >= 11 is 0. The molecule has 0 spiro atoms. The number of rotatable bonds is 11. The minimum atomic E-state index is -1.43. The van der Waals surface area contributed by atoms with Crippen LogP contribution in [0.3, 0.4) is 0 Å². The molecule has 2 unspecified atom stereocenters. The molecule has 0 amide bonds. The predicted octanol–water partition coefficient (Wildman–Crippen LogP) is -0.172. The van der Waals surface area contributed by atoms with E-state index in [0.29, 0.717) is 13.1 Å². The fourth-order valence-electron chi connectivity index (χ4n) is 4.14. The Morgan fingerprint density at radius 3 is 1.00 bits per heavy atom. The fraction of sp³-hybridized carbons (Fsp3) is 1.00. The van der Waals surface area contributed by atoms with Crippen molar-refractivity contribution >= 4 is 0 Å². The normalized spacial score (nSPS) is 32.8. The summed E-state index contributed by atoms with van der Waals surface area (Å²) < 4.78 is 18.3. The first-order valence-electron chi connectivity index (χ1n) is 9.46. The molecular formula is C17H40N6O6. The van der Waals surface area contributed by atoms with Crippen LogP contribution in [-0.4, -0.2) is 132 Å². The average molecular weight is 425 g/mol. The summed E-state index contributed by atoms with van der Waals surface area (Å²) in [4.78, 5) is 23.3. The summed E-state index contributed by atoms with van der Waals surface area (Å²) in [7, 11) is 16.6. The van der Waals surface area contributed by atoms with Gasteiger partial charge in [0.1, 0.15) is 0 Å². The van der Waals surface area contributed by atoms with Crippen molar-refractivity contribution in [2.45, 2.75) is 31.8 Å². The molecule has 0 aromatic heterocycles. The van der Waals surface area contributed by atoms with Crippen molar-refractivity contribution in [2.75, 3.05) is 83.9 Å². The van der Waals surface area contributed by atoms with Crippen molar-refractivity contribution in [3.63, 3.8) is 0 Å². The molecule has 1 aliphatic heterocycles. The lowest BCUT2D eigenvalue weighted by atomic mass is 10.3. The lowest BCUT2D eigenvalue weighted by molar-refractivity contribution is -0.668. The van der Waals surface area contributed by atoms with Crippen LogP contribution in [0, 0.1) is 0 Å². The van der Waals surface area contributed by atoms with Gasteiger partial charge in [-0.15, -0.1) is 0 Å². The molecule has 1 rings (SSSR count). The third kappa shape index (κ3) is 3.41. The Bertz CT molecular complexity index is 479.